The van der Waals surface area contributed by atoms with Gasteiger partial charge in [0.2, 0.25) is 5.79 Å². The van der Waals surface area contributed by atoms with E-state index >= 15 is 0 Å². The second-order valence-electron chi connectivity index (χ2n) is 20.0. The van der Waals surface area contributed by atoms with Crippen molar-refractivity contribution in [1.82, 2.24) is 4.90 Å². The van der Waals surface area contributed by atoms with Gasteiger partial charge in [-0.15, -0.1) is 0 Å². The number of hydrogen-bond donors (Lipinski definition) is 2. The van der Waals surface area contributed by atoms with Crippen molar-refractivity contribution >= 4 is 29.2 Å². The maximum absolute atomic E-state index is 14.4. The van der Waals surface area contributed by atoms with Crippen molar-refractivity contribution in [3.63, 3.8) is 0 Å². The number of ketones is 3. The van der Waals surface area contributed by atoms with E-state index in [4.69, 9.17) is 23.7 Å². The number of Topliss-reactive ketones (excluding diaryl/α,β-unsaturated/α-hetero) is 3. The average molecular weight is 912 g/mol. The van der Waals surface area contributed by atoms with E-state index in [1.165, 1.54) is 12.0 Å². The Morgan fingerprint density at radius 3 is 2.25 bits per heavy atom. The number of methoxy groups -OCH3 is 3. The number of carbonyl (C=O) groups excluding carboxylic acids is 5. The van der Waals surface area contributed by atoms with Crippen molar-refractivity contribution in [2.24, 2.45) is 41.4 Å². The van der Waals surface area contributed by atoms with Crippen molar-refractivity contribution in [2.45, 2.75) is 181 Å². The summed E-state index contributed by atoms with van der Waals surface area (Å²) < 4.78 is 29.7. The second-order valence-corrected chi connectivity index (χ2v) is 20.0. The average Bonchev–Trinajstić information content (AvgIpc) is 3.28. The molecule has 0 aromatic rings. The summed E-state index contributed by atoms with van der Waals surface area (Å²) in [5.41, 5.74) is 1.30. The van der Waals surface area contributed by atoms with Crippen LogP contribution in [0.15, 0.2) is 47.6 Å². The lowest BCUT2D eigenvalue weighted by Gasteiger charge is -2.42. The van der Waals surface area contributed by atoms with Crippen molar-refractivity contribution in [1.29, 1.82) is 0 Å². The molecule has 3 unspecified atom stereocenters. The van der Waals surface area contributed by atoms with E-state index in [0.29, 0.717) is 56.4 Å². The Kier molecular flexibility index (Phi) is 21.0. The molecule has 4 rings (SSSR count). The zero-order valence-electron chi connectivity index (χ0n) is 41.2. The number of hydrogen-bond acceptors (Lipinski definition) is 12. The van der Waals surface area contributed by atoms with Crippen LogP contribution in [0.1, 0.15) is 132 Å². The Bertz CT molecular complexity index is 1750. The number of fused-ring (bicyclic) bond motifs is 3. The molecule has 3 fully saturated rings. The van der Waals surface area contributed by atoms with Gasteiger partial charge in [-0.2, -0.15) is 0 Å². The summed E-state index contributed by atoms with van der Waals surface area (Å²) in [6.07, 6.45) is 13.6. The van der Waals surface area contributed by atoms with Crippen LogP contribution in [0.5, 0.6) is 0 Å². The van der Waals surface area contributed by atoms with Crippen molar-refractivity contribution in [3.8, 4) is 0 Å². The number of ether oxygens (including phenoxy) is 5. The minimum absolute atomic E-state index is 0.0304. The topological polar surface area (TPSA) is 175 Å². The first-order valence-corrected chi connectivity index (χ1v) is 24.2. The minimum atomic E-state index is -2.41. The molecule has 0 aromatic heterocycles. The first-order chi connectivity index (χ1) is 30.7. The fourth-order valence-electron chi connectivity index (χ4n) is 10.4. The summed E-state index contributed by atoms with van der Waals surface area (Å²) in [4.78, 5) is 71.9. The van der Waals surface area contributed by atoms with Crippen LogP contribution < -0.4 is 0 Å². The summed E-state index contributed by atoms with van der Waals surface area (Å²) in [6, 6.07) is -1.11. The Morgan fingerprint density at radius 1 is 0.846 bits per heavy atom. The Hall–Kier alpha value is -3.33. The smallest absolute Gasteiger partial charge is 0.329 e. The molecule has 65 heavy (non-hydrogen) atoms. The van der Waals surface area contributed by atoms with Gasteiger partial charge in [-0.25, -0.2) is 4.79 Å². The molecule has 4 aliphatic rings. The number of piperidine rings is 1. The number of esters is 1. The van der Waals surface area contributed by atoms with E-state index in [9.17, 15) is 34.2 Å². The van der Waals surface area contributed by atoms with Gasteiger partial charge in [0.05, 0.1) is 18.3 Å². The first-order valence-electron chi connectivity index (χ1n) is 24.2. The third-order valence-corrected chi connectivity index (χ3v) is 14.8. The van der Waals surface area contributed by atoms with E-state index in [1.54, 1.807) is 41.1 Å². The summed E-state index contributed by atoms with van der Waals surface area (Å²) in [6.45, 7) is 15.1. The number of carbonyl (C=O) groups is 5. The Labute approximate surface area is 388 Å². The van der Waals surface area contributed by atoms with Gasteiger partial charge in [-0.3, -0.25) is 19.2 Å². The normalized spacial score (nSPS) is 40.4. The van der Waals surface area contributed by atoms with E-state index in [2.05, 4.69) is 6.92 Å². The van der Waals surface area contributed by atoms with Crippen LogP contribution >= 0.6 is 0 Å². The molecule has 0 spiro atoms. The molecule has 2 N–H and O–H groups in total. The second kappa shape index (κ2) is 25.2. The standard InChI is InChI=1S/C52H81NO12/c1-31-17-13-12-14-18-32(2)44(62-10)29-40-23-21-38(8)52(60,65-40)49(57)50(58)53-24-16-15-19-41(53)51(59)64-45(35(5)27-39-22-20-33(3)43(28-39)61-9)30-42(54)34(4)26-37(7)47(56)48(63-11)46(55)36(6)25-31/h12-14,17-18,26,31,33-36,38-41,43-45,47-48,56,60H,15-16,19-25,27-30H2,1-11H3/b14-12+,17-13+,32-18+,37-26+/t31-,33-,34-,35-,36?,38-,39+,40?,41+,43-,44+,45+,47-,48?,52-/m1/s1. The van der Waals surface area contributed by atoms with Gasteiger partial charge in [0.1, 0.15) is 30.1 Å². The van der Waals surface area contributed by atoms with Crippen LogP contribution in [0.4, 0.5) is 0 Å². The van der Waals surface area contributed by atoms with Gasteiger partial charge >= 0.3 is 5.97 Å². The maximum Gasteiger partial charge on any atom is 0.329 e. The summed E-state index contributed by atoms with van der Waals surface area (Å²) >= 11 is 0. The molecule has 2 bridgehead atoms. The van der Waals surface area contributed by atoms with Crippen LogP contribution in [-0.4, -0.2) is 121 Å². The van der Waals surface area contributed by atoms with E-state index in [1.807, 2.05) is 58.1 Å². The fourth-order valence-corrected chi connectivity index (χ4v) is 10.4. The molecule has 13 nitrogen and oxygen atoms in total. The van der Waals surface area contributed by atoms with Gasteiger partial charge < -0.3 is 38.8 Å². The predicted octanol–water partition coefficient (Wildman–Crippen LogP) is 7.46. The molecule has 3 aliphatic heterocycles. The van der Waals surface area contributed by atoms with Crippen LogP contribution in [0.2, 0.25) is 0 Å². The van der Waals surface area contributed by atoms with Gasteiger partial charge in [-0.05, 0) is 113 Å². The number of amides is 1. The Balaban J connectivity index is 1.70. The largest absolute Gasteiger partial charge is 0.460 e. The summed E-state index contributed by atoms with van der Waals surface area (Å²) in [5.74, 6) is -7.07. The highest BCUT2D eigenvalue weighted by Gasteiger charge is 2.53. The maximum atomic E-state index is 14.4. The molecule has 0 aromatic carbocycles. The molecule has 0 radical (unpaired) electrons. The van der Waals surface area contributed by atoms with Crippen LogP contribution in [0, 0.1) is 41.4 Å². The van der Waals surface area contributed by atoms with Crippen LogP contribution in [0.25, 0.3) is 0 Å². The first kappa shape index (κ1) is 54.3. The van der Waals surface area contributed by atoms with E-state index in [-0.39, 0.29) is 54.8 Å². The lowest BCUT2D eigenvalue weighted by molar-refractivity contribution is -0.265. The van der Waals surface area contributed by atoms with Crippen LogP contribution in [0.3, 0.4) is 0 Å². The number of aliphatic hydroxyl groups is 2. The molecule has 3 heterocycles. The van der Waals surface area contributed by atoms with Crippen molar-refractivity contribution < 1.29 is 57.9 Å². The number of rotatable bonds is 6. The van der Waals surface area contributed by atoms with E-state index in [0.717, 1.165) is 24.8 Å². The minimum Gasteiger partial charge on any atom is -0.460 e. The highest BCUT2D eigenvalue weighted by atomic mass is 16.6. The summed E-state index contributed by atoms with van der Waals surface area (Å²) in [5, 5.41) is 23.4. The fraction of sp³-hybridized carbons (Fsp3) is 0.750. The van der Waals surface area contributed by atoms with Crippen LogP contribution in [-0.2, 0) is 47.7 Å². The van der Waals surface area contributed by atoms with Gasteiger partial charge in [0, 0.05) is 58.5 Å². The molecule has 15 atom stereocenters. The molecular formula is C52H81NO12. The summed E-state index contributed by atoms with van der Waals surface area (Å²) in [7, 11) is 4.70. The monoisotopic (exact) mass is 912 g/mol. The van der Waals surface area contributed by atoms with Crippen molar-refractivity contribution in [3.05, 3.63) is 47.6 Å². The molecule has 2 saturated heterocycles. The lowest BCUT2D eigenvalue weighted by atomic mass is 9.76. The molecule has 1 aliphatic carbocycles. The molecule has 1 saturated carbocycles. The Morgan fingerprint density at radius 2 is 1.57 bits per heavy atom. The number of allylic oxidation sites excluding steroid dienone is 6. The van der Waals surface area contributed by atoms with Crippen molar-refractivity contribution in [2.75, 3.05) is 27.9 Å². The molecule has 366 valence electrons. The number of aliphatic hydroxyl groups excluding tert-OH is 1. The molecular weight excluding hydrogens is 831 g/mol. The third kappa shape index (κ3) is 14.3. The van der Waals surface area contributed by atoms with E-state index < -0.39 is 77.8 Å². The van der Waals surface area contributed by atoms with Gasteiger partial charge in [0.25, 0.3) is 11.7 Å². The highest BCUT2D eigenvalue weighted by molar-refractivity contribution is 6.39. The number of nitrogens with zero attached hydrogens (tertiary/aromatic N) is 1. The molecule has 13 heteroatoms. The van der Waals surface area contributed by atoms with Gasteiger partial charge in [0.15, 0.2) is 5.78 Å². The number of cyclic esters (lactones) is 1. The van der Waals surface area contributed by atoms with Gasteiger partial charge in [-0.1, -0.05) is 78.0 Å². The predicted molar refractivity (Wildman–Crippen MR) is 248 cm³/mol. The quantitative estimate of drug-likeness (QED) is 0.153. The molecule has 1 amide bonds. The lowest BCUT2D eigenvalue weighted by Crippen LogP contribution is -2.61. The third-order valence-electron chi connectivity index (χ3n) is 14.8. The zero-order valence-corrected chi connectivity index (χ0v) is 41.2. The highest BCUT2D eigenvalue weighted by Crippen LogP contribution is 2.38. The zero-order chi connectivity index (χ0) is 48.2. The SMILES string of the molecule is COC1C(=O)C(C)C[C@H](C)/C=C/C=C/C=C(\C)[C@@H](OC)CC2CC[C@@H](C)[C@@](O)(O2)C(=O)C(=O)N2CCCC[C@H]2C(=O)O[C@H]([C@H](C)C[C@@H]2CC[C@@H](C)[C@H](OC)C2)CC(=O)[C@H](C)/C=C(\C)[C@H]1O.